The molecule has 1 aliphatic heterocycles. The summed E-state index contributed by atoms with van der Waals surface area (Å²) in [6.07, 6.45) is -1.02. The second-order valence-electron chi connectivity index (χ2n) is 7.12. The Balaban J connectivity index is 0.000000377. The third-order valence-electron chi connectivity index (χ3n) is 3.60. The highest BCUT2D eigenvalue weighted by atomic mass is 16.4. The van der Waals surface area contributed by atoms with Crippen LogP contribution in [-0.2, 0) is 25.6 Å². The van der Waals surface area contributed by atoms with Gasteiger partial charge in [-0.2, -0.15) is 0 Å². The van der Waals surface area contributed by atoms with Crippen LogP contribution in [0, 0.1) is 5.41 Å². The zero-order chi connectivity index (χ0) is 20.8. The van der Waals surface area contributed by atoms with E-state index in [4.69, 9.17) is 15.3 Å². The molecule has 1 saturated heterocycles. The quantitative estimate of drug-likeness (QED) is 0.459. The molecule has 9 heteroatoms. The van der Waals surface area contributed by atoms with Gasteiger partial charge in [0.15, 0.2) is 0 Å². The molecule has 2 unspecified atom stereocenters. The molecule has 0 aromatic heterocycles. The van der Waals surface area contributed by atoms with Crippen LogP contribution in [0.5, 0.6) is 5.75 Å². The van der Waals surface area contributed by atoms with Crippen molar-refractivity contribution in [2.75, 3.05) is 0 Å². The van der Waals surface area contributed by atoms with E-state index in [-0.39, 0.29) is 24.5 Å². The van der Waals surface area contributed by atoms with Crippen molar-refractivity contribution in [3.05, 3.63) is 29.8 Å². The average molecular weight is 380 g/mol. The number of carboxylic acid groups (broad SMARTS) is 1. The van der Waals surface area contributed by atoms with Gasteiger partial charge >= 0.3 is 5.97 Å². The lowest BCUT2D eigenvalue weighted by Gasteiger charge is -2.22. The van der Waals surface area contributed by atoms with Crippen LogP contribution in [0.3, 0.4) is 0 Å². The monoisotopic (exact) mass is 380 g/mol. The second kappa shape index (κ2) is 9.13. The molecule has 1 aliphatic rings. The number of hydrogen-bond donors (Lipinski definition) is 5. The maximum absolute atomic E-state index is 11.8. The molecule has 0 spiro atoms. The summed E-state index contributed by atoms with van der Waals surface area (Å²) in [5.74, 6) is -2.25. The lowest BCUT2D eigenvalue weighted by atomic mass is 9.94. The first-order valence-corrected chi connectivity index (χ1v) is 8.23. The summed E-state index contributed by atoms with van der Waals surface area (Å²) in [5, 5.41) is 31.3. The predicted molar refractivity (Wildman–Crippen MR) is 94.6 cm³/mol. The largest absolute Gasteiger partial charge is 0.508 e. The molecule has 1 fully saturated rings. The number of carbonyl (C=O) groups excluding carboxylic acids is 3. The van der Waals surface area contributed by atoms with E-state index in [1.54, 1.807) is 32.9 Å². The number of phenols is 1. The van der Waals surface area contributed by atoms with Gasteiger partial charge in [-0.25, -0.2) is 4.79 Å². The lowest BCUT2D eigenvalue weighted by Crippen LogP contribution is -2.46. The van der Waals surface area contributed by atoms with Crippen LogP contribution in [0.2, 0.25) is 0 Å². The summed E-state index contributed by atoms with van der Waals surface area (Å²) >= 11 is 0. The van der Waals surface area contributed by atoms with Crippen LogP contribution >= 0.6 is 0 Å². The van der Waals surface area contributed by atoms with Gasteiger partial charge in [0.1, 0.15) is 17.9 Å². The molecule has 0 radical (unpaired) electrons. The van der Waals surface area contributed by atoms with Gasteiger partial charge in [0.05, 0.1) is 6.42 Å². The number of benzene rings is 1. The first-order valence-electron chi connectivity index (χ1n) is 8.23. The highest BCUT2D eigenvalue weighted by Gasteiger charge is 2.28. The van der Waals surface area contributed by atoms with E-state index in [0.29, 0.717) is 0 Å². The number of hydrogen-bond acceptors (Lipinski definition) is 6. The molecule has 9 nitrogen and oxygen atoms in total. The summed E-state index contributed by atoms with van der Waals surface area (Å²) in [4.78, 5) is 43.4. The number of aliphatic hydroxyl groups is 1. The van der Waals surface area contributed by atoms with Crippen molar-refractivity contribution in [2.24, 2.45) is 5.41 Å². The maximum Gasteiger partial charge on any atom is 0.326 e. The minimum atomic E-state index is -1.11. The number of carbonyl (C=O) groups is 4. The summed E-state index contributed by atoms with van der Waals surface area (Å²) < 4.78 is 0. The summed E-state index contributed by atoms with van der Waals surface area (Å²) in [6.45, 7) is 5.17. The van der Waals surface area contributed by atoms with Gasteiger partial charge in [0, 0.05) is 11.8 Å². The van der Waals surface area contributed by atoms with Gasteiger partial charge in [-0.05, 0) is 17.7 Å². The van der Waals surface area contributed by atoms with E-state index < -0.39 is 35.3 Å². The van der Waals surface area contributed by atoms with E-state index in [2.05, 4.69) is 5.32 Å². The van der Waals surface area contributed by atoms with Crippen LogP contribution < -0.4 is 10.6 Å². The van der Waals surface area contributed by atoms with Gasteiger partial charge in [-0.15, -0.1) is 0 Å². The Hall–Kier alpha value is -2.94. The Morgan fingerprint density at radius 3 is 2.11 bits per heavy atom. The molecule has 0 bridgehead atoms. The minimum absolute atomic E-state index is 0.0845. The van der Waals surface area contributed by atoms with Gasteiger partial charge < -0.3 is 20.6 Å². The van der Waals surface area contributed by atoms with E-state index in [1.807, 2.05) is 5.32 Å². The molecule has 3 amide bonds. The summed E-state index contributed by atoms with van der Waals surface area (Å²) in [5.41, 5.74) is 0.0993. The van der Waals surface area contributed by atoms with Crippen LogP contribution in [0.15, 0.2) is 24.3 Å². The number of aromatic hydroxyl groups is 1. The molecule has 0 saturated carbocycles. The fourth-order valence-electron chi connectivity index (χ4n) is 1.98. The molecule has 0 aliphatic carbocycles. The van der Waals surface area contributed by atoms with E-state index in [0.717, 1.165) is 5.56 Å². The third-order valence-corrected chi connectivity index (χ3v) is 3.60. The Kier molecular flexibility index (Phi) is 7.47. The van der Waals surface area contributed by atoms with Crippen molar-refractivity contribution in [1.29, 1.82) is 0 Å². The fraction of sp³-hybridized carbons (Fsp3) is 0.444. The van der Waals surface area contributed by atoms with E-state index in [1.165, 1.54) is 12.1 Å². The Bertz CT molecular complexity index is 707. The highest BCUT2D eigenvalue weighted by molar-refractivity contribution is 6.04. The molecule has 148 valence electrons. The summed E-state index contributed by atoms with van der Waals surface area (Å²) in [6, 6.07) is 5.26. The van der Waals surface area contributed by atoms with Crippen LogP contribution in [0.4, 0.5) is 0 Å². The van der Waals surface area contributed by atoms with Crippen molar-refractivity contribution < 1.29 is 34.5 Å². The zero-order valence-electron chi connectivity index (χ0n) is 15.4. The highest BCUT2D eigenvalue weighted by Crippen LogP contribution is 2.15. The number of aliphatic carboxylic acids is 1. The first-order chi connectivity index (χ1) is 12.4. The number of imide groups is 1. The molecular weight excluding hydrogens is 356 g/mol. The lowest BCUT2D eigenvalue weighted by molar-refractivity contribution is -0.143. The number of rotatable bonds is 4. The first kappa shape index (κ1) is 22.1. The van der Waals surface area contributed by atoms with E-state index in [9.17, 15) is 19.2 Å². The molecule has 2 rings (SSSR count). The predicted octanol–water partition coefficient (Wildman–Crippen LogP) is -0.0560. The van der Waals surface area contributed by atoms with Gasteiger partial charge in [0.25, 0.3) is 5.91 Å². The standard InChI is InChI=1S/C14H19NO4.C4H5NO3/c1-14(2,3)13(19)15-11(12(17)18)8-9-4-6-10(16)7-5-9;6-2-1-3(7)5-4(2)8/h4-7,11,16H,8H2,1-3H3,(H,15,19)(H,17,18);2,6H,1H2,(H,5,7,8). The van der Waals surface area contributed by atoms with E-state index >= 15 is 0 Å². The molecule has 1 aromatic rings. The maximum atomic E-state index is 11.8. The topological polar surface area (TPSA) is 153 Å². The van der Waals surface area contributed by atoms with Crippen LogP contribution in [0.1, 0.15) is 32.8 Å². The fourth-order valence-corrected chi connectivity index (χ4v) is 1.98. The van der Waals surface area contributed by atoms with Crippen LogP contribution in [-0.4, -0.2) is 51.2 Å². The summed E-state index contributed by atoms with van der Waals surface area (Å²) in [7, 11) is 0. The molecule has 2 atom stereocenters. The molecular formula is C18H24N2O7. The van der Waals surface area contributed by atoms with Crippen molar-refractivity contribution in [3.63, 3.8) is 0 Å². The average Bonchev–Trinajstić information content (AvgIpc) is 2.84. The zero-order valence-corrected chi connectivity index (χ0v) is 15.4. The third kappa shape index (κ3) is 7.45. The Morgan fingerprint density at radius 1 is 1.22 bits per heavy atom. The Labute approximate surface area is 156 Å². The minimum Gasteiger partial charge on any atom is -0.508 e. The molecule has 27 heavy (non-hydrogen) atoms. The Morgan fingerprint density at radius 2 is 1.78 bits per heavy atom. The number of phenolic OH excluding ortho intramolecular Hbond substituents is 1. The molecule has 5 N–H and O–H groups in total. The van der Waals surface area contributed by atoms with Gasteiger partial charge in [0.2, 0.25) is 11.8 Å². The van der Waals surface area contributed by atoms with Gasteiger partial charge in [-0.3, -0.25) is 19.7 Å². The number of amides is 3. The second-order valence-corrected chi connectivity index (χ2v) is 7.12. The van der Waals surface area contributed by atoms with Crippen molar-refractivity contribution in [1.82, 2.24) is 10.6 Å². The number of carboxylic acids is 1. The van der Waals surface area contributed by atoms with Crippen molar-refractivity contribution in [3.8, 4) is 5.75 Å². The number of nitrogens with one attached hydrogen (secondary N) is 2. The normalized spacial score (nSPS) is 17.4. The molecule has 1 heterocycles. The van der Waals surface area contributed by atoms with Gasteiger partial charge in [-0.1, -0.05) is 32.9 Å². The van der Waals surface area contributed by atoms with Crippen molar-refractivity contribution in [2.45, 2.75) is 45.8 Å². The van der Waals surface area contributed by atoms with Crippen LogP contribution in [0.25, 0.3) is 0 Å². The van der Waals surface area contributed by atoms with Crippen molar-refractivity contribution >= 4 is 23.7 Å². The SMILES string of the molecule is CC(C)(C)C(=O)NC(Cc1ccc(O)cc1)C(=O)O.O=C1CC(O)C(=O)N1. The number of aliphatic hydroxyl groups excluding tert-OH is 1. The molecule has 1 aromatic carbocycles. The smallest absolute Gasteiger partial charge is 0.326 e.